The van der Waals surface area contributed by atoms with E-state index in [1.807, 2.05) is 98.8 Å². The van der Waals surface area contributed by atoms with E-state index in [9.17, 15) is 9.59 Å². The van der Waals surface area contributed by atoms with E-state index in [-0.39, 0.29) is 25.6 Å². The van der Waals surface area contributed by atoms with Crippen molar-refractivity contribution in [1.82, 2.24) is 0 Å². The molecule has 0 radical (unpaired) electrons. The second-order valence-corrected chi connectivity index (χ2v) is 10.1. The minimum atomic E-state index is -1.42. The van der Waals surface area contributed by atoms with Crippen molar-refractivity contribution in [1.29, 1.82) is 0 Å². The Kier molecular flexibility index (Phi) is 8.30. The average Bonchev–Trinajstić information content (AvgIpc) is 3.29. The molecule has 0 aromatic heterocycles. The van der Waals surface area contributed by atoms with Crippen LogP contribution in [0.15, 0.2) is 103 Å². The van der Waals surface area contributed by atoms with Crippen molar-refractivity contribution < 1.29 is 19.1 Å². The summed E-state index contributed by atoms with van der Waals surface area (Å²) in [6.45, 7) is 8.50. The highest BCUT2D eigenvalue weighted by Gasteiger charge is 2.55. The smallest absolute Gasteiger partial charge is 0.324 e. The van der Waals surface area contributed by atoms with E-state index in [4.69, 9.17) is 21.1 Å². The van der Waals surface area contributed by atoms with Gasteiger partial charge in [-0.25, -0.2) is 0 Å². The molecule has 1 atom stereocenters. The number of ether oxygens (including phenoxy) is 2. The van der Waals surface area contributed by atoms with Gasteiger partial charge in [-0.2, -0.15) is 0 Å². The quantitative estimate of drug-likeness (QED) is 0.230. The van der Waals surface area contributed by atoms with Crippen LogP contribution in [0.3, 0.4) is 0 Å². The molecular weight excluding hydrogens is 484 g/mol. The van der Waals surface area contributed by atoms with E-state index in [0.29, 0.717) is 11.4 Å². The molecule has 0 N–H and O–H groups in total. The molecule has 0 bridgehead atoms. The molecule has 4 rings (SSSR count). The first-order chi connectivity index (χ1) is 17.8. The van der Waals surface area contributed by atoms with Crippen LogP contribution in [0.25, 0.3) is 5.57 Å². The number of allylic oxidation sites excluding steroid dienone is 3. The highest BCUT2D eigenvalue weighted by atomic mass is 35.5. The largest absolute Gasteiger partial charge is 0.460 e. The lowest BCUT2D eigenvalue weighted by Crippen LogP contribution is -2.40. The van der Waals surface area contributed by atoms with Crippen molar-refractivity contribution >= 4 is 29.1 Å². The fourth-order valence-corrected chi connectivity index (χ4v) is 5.02. The first kappa shape index (κ1) is 26.4. The van der Waals surface area contributed by atoms with Crippen LogP contribution >= 0.6 is 11.6 Å². The summed E-state index contributed by atoms with van der Waals surface area (Å²) >= 11 is 6.06. The van der Waals surface area contributed by atoms with Crippen LogP contribution < -0.4 is 0 Å². The summed E-state index contributed by atoms with van der Waals surface area (Å²) in [5.74, 6) is -1.14. The van der Waals surface area contributed by atoms with E-state index < -0.39 is 17.4 Å². The minimum Gasteiger partial charge on any atom is -0.460 e. The Labute approximate surface area is 223 Å². The minimum absolute atomic E-state index is 0.0300. The number of carbonyl (C=O) groups is 2. The van der Waals surface area contributed by atoms with Gasteiger partial charge in [-0.1, -0.05) is 103 Å². The molecule has 5 heteroatoms. The van der Waals surface area contributed by atoms with Gasteiger partial charge in [0.15, 0.2) is 5.41 Å². The molecule has 1 unspecified atom stereocenters. The number of halogens is 1. The molecule has 1 saturated carbocycles. The van der Waals surface area contributed by atoms with Crippen molar-refractivity contribution in [3.8, 4) is 0 Å². The lowest BCUT2D eigenvalue weighted by molar-refractivity contribution is -0.174. The summed E-state index contributed by atoms with van der Waals surface area (Å²) in [7, 11) is 0. The first-order valence-corrected chi connectivity index (χ1v) is 12.7. The molecule has 3 aromatic rings. The van der Waals surface area contributed by atoms with Crippen LogP contribution in [0.2, 0.25) is 5.02 Å². The van der Waals surface area contributed by atoms with E-state index in [2.05, 4.69) is 6.58 Å². The molecule has 4 nitrogen and oxygen atoms in total. The Bertz CT molecular complexity index is 1240. The Hall–Kier alpha value is -3.63. The fraction of sp³-hybridized carbons (Fsp3) is 0.250. The number of esters is 2. The molecule has 0 spiro atoms. The van der Waals surface area contributed by atoms with Gasteiger partial charge in [0.2, 0.25) is 0 Å². The Morgan fingerprint density at radius 1 is 0.865 bits per heavy atom. The zero-order chi connectivity index (χ0) is 26.4. The highest BCUT2D eigenvalue weighted by molar-refractivity contribution is 6.30. The maximum absolute atomic E-state index is 13.6. The number of hydrogen-bond acceptors (Lipinski definition) is 4. The van der Waals surface area contributed by atoms with Crippen molar-refractivity contribution in [2.24, 2.45) is 11.3 Å². The van der Waals surface area contributed by atoms with Gasteiger partial charge < -0.3 is 9.47 Å². The predicted octanol–water partition coefficient (Wildman–Crippen LogP) is 7.57. The SMILES string of the molecule is C=C(/C(C)=C1\CC(C(=O)OCc2ccccc2)(C(=O)OCc2ccccc2)CC1C)c1ccc(Cl)cc1. The Morgan fingerprint density at radius 2 is 1.35 bits per heavy atom. The van der Waals surface area contributed by atoms with Crippen molar-refractivity contribution in [3.05, 3.63) is 124 Å². The third-order valence-corrected chi connectivity index (χ3v) is 7.33. The van der Waals surface area contributed by atoms with Crippen molar-refractivity contribution in [2.45, 2.75) is 39.9 Å². The topological polar surface area (TPSA) is 52.6 Å². The molecule has 1 aliphatic rings. The molecule has 37 heavy (non-hydrogen) atoms. The standard InChI is InChI=1S/C32H31ClO4/c1-22-18-32(30(34)36-20-25-10-6-4-7-11-25,31(35)37-21-26-12-8-5-9-13-26)19-29(22)24(3)23(2)27-14-16-28(33)17-15-27/h4-17,22H,2,18-21H2,1,3H3/b29-24+. The van der Waals surface area contributed by atoms with E-state index in [1.54, 1.807) is 0 Å². The van der Waals surface area contributed by atoms with Gasteiger partial charge in [0, 0.05) is 5.02 Å². The number of benzene rings is 3. The van der Waals surface area contributed by atoms with Gasteiger partial charge in [0.05, 0.1) is 0 Å². The Balaban J connectivity index is 1.61. The van der Waals surface area contributed by atoms with Gasteiger partial charge in [0.1, 0.15) is 13.2 Å². The van der Waals surface area contributed by atoms with Crippen LogP contribution in [0.5, 0.6) is 0 Å². The predicted molar refractivity (Wildman–Crippen MR) is 146 cm³/mol. The fourth-order valence-electron chi connectivity index (χ4n) is 4.90. The molecule has 1 aliphatic carbocycles. The van der Waals surface area contributed by atoms with Crippen LogP contribution in [0.1, 0.15) is 43.4 Å². The van der Waals surface area contributed by atoms with Gasteiger partial charge in [-0.3, -0.25) is 9.59 Å². The van der Waals surface area contributed by atoms with Crippen molar-refractivity contribution in [3.63, 3.8) is 0 Å². The summed E-state index contributed by atoms with van der Waals surface area (Å²) in [4.78, 5) is 27.2. The molecule has 3 aromatic carbocycles. The zero-order valence-electron chi connectivity index (χ0n) is 21.2. The van der Waals surface area contributed by atoms with Crippen molar-refractivity contribution in [2.75, 3.05) is 0 Å². The number of rotatable bonds is 8. The summed E-state index contributed by atoms with van der Waals surface area (Å²) in [6.07, 6.45) is 0.544. The molecule has 0 amide bonds. The van der Waals surface area contributed by atoms with Gasteiger partial charge >= 0.3 is 11.9 Å². The Morgan fingerprint density at radius 3 is 1.84 bits per heavy atom. The maximum Gasteiger partial charge on any atom is 0.324 e. The number of hydrogen-bond donors (Lipinski definition) is 0. The summed E-state index contributed by atoms with van der Waals surface area (Å²) in [6, 6.07) is 26.4. The molecule has 0 heterocycles. The summed E-state index contributed by atoms with van der Waals surface area (Å²) in [5.41, 5.74) is 4.05. The molecule has 0 aliphatic heterocycles. The van der Waals surface area contributed by atoms with Crippen LogP contribution in [0, 0.1) is 11.3 Å². The molecule has 1 fully saturated rings. The normalized spacial score (nSPS) is 17.6. The van der Waals surface area contributed by atoms with Crippen LogP contribution in [-0.4, -0.2) is 11.9 Å². The monoisotopic (exact) mass is 514 g/mol. The summed E-state index contributed by atoms with van der Waals surface area (Å²) < 4.78 is 11.4. The van der Waals surface area contributed by atoms with E-state index in [0.717, 1.165) is 33.4 Å². The summed E-state index contributed by atoms with van der Waals surface area (Å²) in [5, 5.41) is 0.650. The number of carbonyl (C=O) groups excluding carboxylic acids is 2. The van der Waals surface area contributed by atoms with Gasteiger partial charge in [-0.05, 0) is 65.7 Å². The molecule has 190 valence electrons. The van der Waals surface area contributed by atoms with Crippen LogP contribution in [-0.2, 0) is 32.3 Å². The zero-order valence-corrected chi connectivity index (χ0v) is 22.0. The van der Waals surface area contributed by atoms with E-state index >= 15 is 0 Å². The lowest BCUT2D eigenvalue weighted by Gasteiger charge is -2.25. The molecular formula is C32H31ClO4. The third-order valence-electron chi connectivity index (χ3n) is 7.08. The second kappa shape index (κ2) is 11.6. The van der Waals surface area contributed by atoms with Gasteiger partial charge in [0.25, 0.3) is 0 Å². The second-order valence-electron chi connectivity index (χ2n) is 9.62. The highest BCUT2D eigenvalue weighted by Crippen LogP contribution is 2.49. The molecule has 0 saturated heterocycles. The van der Waals surface area contributed by atoms with E-state index in [1.165, 1.54) is 0 Å². The maximum atomic E-state index is 13.6. The van der Waals surface area contributed by atoms with Gasteiger partial charge in [-0.15, -0.1) is 0 Å². The lowest BCUT2D eigenvalue weighted by atomic mass is 9.84. The first-order valence-electron chi connectivity index (χ1n) is 12.4. The third kappa shape index (κ3) is 6.03. The van der Waals surface area contributed by atoms with Crippen LogP contribution in [0.4, 0.5) is 0 Å². The average molecular weight is 515 g/mol.